The number of nitrogens with zero attached hydrogens (tertiary/aromatic N) is 4. The van der Waals surface area contributed by atoms with E-state index < -0.39 is 9.84 Å². The van der Waals surface area contributed by atoms with Crippen molar-refractivity contribution in [2.45, 2.75) is 30.3 Å². The third kappa shape index (κ3) is 3.64. The topological polar surface area (TPSA) is 90.9 Å². The maximum atomic E-state index is 11.7. The average Bonchev–Trinajstić information content (AvgIpc) is 3.28. The first-order chi connectivity index (χ1) is 12.5. The minimum atomic E-state index is -2.92. The fourth-order valence-electron chi connectivity index (χ4n) is 3.22. The predicted molar refractivity (Wildman–Crippen MR) is 100 cm³/mol. The van der Waals surface area contributed by atoms with E-state index in [1.807, 2.05) is 35.9 Å². The molecular weight excluding hydrogens is 372 g/mol. The minimum Gasteiger partial charge on any atom is -0.441 e. The number of thioether (sulfide) groups is 1. The van der Waals surface area contributed by atoms with Gasteiger partial charge in [0.15, 0.2) is 26.5 Å². The highest BCUT2D eigenvalue weighted by Crippen LogP contribution is 2.29. The van der Waals surface area contributed by atoms with Gasteiger partial charge in [0.1, 0.15) is 11.3 Å². The van der Waals surface area contributed by atoms with Gasteiger partial charge in [-0.2, -0.15) is 0 Å². The van der Waals surface area contributed by atoms with Gasteiger partial charge in [-0.05, 0) is 25.0 Å². The Morgan fingerprint density at radius 1 is 1.31 bits per heavy atom. The Balaban J connectivity index is 1.32. The number of aryl methyl sites for hydroxylation is 1. The lowest BCUT2D eigenvalue weighted by molar-refractivity contribution is 0.526. The zero-order valence-electron chi connectivity index (χ0n) is 14.5. The summed E-state index contributed by atoms with van der Waals surface area (Å²) in [6.07, 6.45) is 2.32. The standard InChI is InChI=1S/C17H20N4O3S2/c1-21-16(12-8-10-26(22,23)11-12)19-20-17(21)25-9-4-7-15-18-13-5-2-3-6-14(13)24-15/h2-3,5-6,12H,4,7-11H2,1H3/t12-/m1/s1. The van der Waals surface area contributed by atoms with Gasteiger partial charge in [0.05, 0.1) is 11.5 Å². The highest BCUT2D eigenvalue weighted by Gasteiger charge is 2.32. The number of hydrogen-bond donors (Lipinski definition) is 0. The van der Waals surface area contributed by atoms with Crippen molar-refractivity contribution in [1.29, 1.82) is 0 Å². The monoisotopic (exact) mass is 392 g/mol. The molecule has 0 spiro atoms. The van der Waals surface area contributed by atoms with Crippen molar-refractivity contribution in [3.05, 3.63) is 36.0 Å². The van der Waals surface area contributed by atoms with E-state index in [9.17, 15) is 8.42 Å². The van der Waals surface area contributed by atoms with Crippen LogP contribution in [0.4, 0.5) is 0 Å². The summed E-state index contributed by atoms with van der Waals surface area (Å²) in [5.74, 6) is 2.78. The minimum absolute atomic E-state index is 0.0356. The first kappa shape index (κ1) is 17.5. The molecule has 0 aliphatic carbocycles. The lowest BCUT2D eigenvalue weighted by Crippen LogP contribution is -2.09. The molecule has 0 radical (unpaired) electrons. The molecule has 0 bridgehead atoms. The molecule has 1 aliphatic rings. The van der Waals surface area contributed by atoms with Gasteiger partial charge in [-0.15, -0.1) is 10.2 Å². The van der Waals surface area contributed by atoms with Gasteiger partial charge in [-0.25, -0.2) is 13.4 Å². The third-order valence-electron chi connectivity index (χ3n) is 4.57. The molecule has 0 saturated carbocycles. The fraction of sp³-hybridized carbons (Fsp3) is 0.471. The molecule has 26 heavy (non-hydrogen) atoms. The molecule has 1 aliphatic heterocycles. The van der Waals surface area contributed by atoms with Crippen LogP contribution in [0.3, 0.4) is 0 Å². The van der Waals surface area contributed by atoms with E-state index in [-0.39, 0.29) is 17.4 Å². The quantitative estimate of drug-likeness (QED) is 0.470. The zero-order chi connectivity index (χ0) is 18.1. The second-order valence-electron chi connectivity index (χ2n) is 6.53. The number of benzene rings is 1. The largest absolute Gasteiger partial charge is 0.441 e. The summed E-state index contributed by atoms with van der Waals surface area (Å²) < 4.78 is 31.0. The van der Waals surface area contributed by atoms with E-state index in [0.29, 0.717) is 6.42 Å². The highest BCUT2D eigenvalue weighted by atomic mass is 32.2. The molecule has 2 aromatic heterocycles. The fourth-order valence-corrected chi connectivity index (χ4v) is 5.82. The molecule has 7 nitrogen and oxygen atoms in total. The van der Waals surface area contributed by atoms with Gasteiger partial charge in [0.25, 0.3) is 0 Å². The molecule has 0 unspecified atom stereocenters. The van der Waals surface area contributed by atoms with Crippen molar-refractivity contribution >= 4 is 32.7 Å². The summed E-state index contributed by atoms with van der Waals surface area (Å²) in [5, 5.41) is 9.28. The van der Waals surface area contributed by atoms with Crippen LogP contribution in [0.15, 0.2) is 33.8 Å². The second-order valence-corrected chi connectivity index (χ2v) is 9.82. The predicted octanol–water partition coefficient (Wildman–Crippen LogP) is 2.58. The lowest BCUT2D eigenvalue weighted by atomic mass is 10.1. The normalized spacial score (nSPS) is 19.3. The van der Waals surface area contributed by atoms with Crippen LogP contribution in [-0.2, 0) is 23.3 Å². The molecule has 9 heteroatoms. The van der Waals surface area contributed by atoms with E-state index >= 15 is 0 Å². The SMILES string of the molecule is Cn1c(SCCCc2nc3ccccc3o2)nnc1[C@@H]1CCS(=O)(=O)C1. The Hall–Kier alpha value is -1.87. The Morgan fingerprint density at radius 3 is 2.92 bits per heavy atom. The number of para-hydroxylation sites is 2. The van der Waals surface area contributed by atoms with Crippen LogP contribution >= 0.6 is 11.8 Å². The van der Waals surface area contributed by atoms with Crippen molar-refractivity contribution in [2.24, 2.45) is 7.05 Å². The highest BCUT2D eigenvalue weighted by molar-refractivity contribution is 7.99. The van der Waals surface area contributed by atoms with Crippen LogP contribution in [0.1, 0.15) is 30.5 Å². The van der Waals surface area contributed by atoms with Gasteiger partial charge >= 0.3 is 0 Å². The zero-order valence-corrected chi connectivity index (χ0v) is 16.1. The van der Waals surface area contributed by atoms with E-state index in [0.717, 1.165) is 46.6 Å². The maximum absolute atomic E-state index is 11.7. The van der Waals surface area contributed by atoms with Gasteiger partial charge in [-0.1, -0.05) is 23.9 Å². The van der Waals surface area contributed by atoms with E-state index in [1.54, 1.807) is 11.8 Å². The molecular formula is C17H20N4O3S2. The van der Waals surface area contributed by atoms with Crippen LogP contribution in [0, 0.1) is 0 Å². The Kier molecular flexibility index (Phi) is 4.74. The van der Waals surface area contributed by atoms with Crippen molar-refractivity contribution in [3.8, 4) is 0 Å². The van der Waals surface area contributed by atoms with Crippen LogP contribution in [0.25, 0.3) is 11.1 Å². The van der Waals surface area contributed by atoms with Crippen LogP contribution in [0.2, 0.25) is 0 Å². The van der Waals surface area contributed by atoms with Gasteiger partial charge in [0.2, 0.25) is 0 Å². The molecule has 0 N–H and O–H groups in total. The summed E-state index contributed by atoms with van der Waals surface area (Å²) >= 11 is 1.62. The third-order valence-corrected chi connectivity index (χ3v) is 7.44. The number of sulfone groups is 1. The summed E-state index contributed by atoms with van der Waals surface area (Å²) in [5.41, 5.74) is 1.71. The number of fused-ring (bicyclic) bond motifs is 1. The lowest BCUT2D eigenvalue weighted by Gasteiger charge is -2.07. The Labute approximate surface area is 156 Å². The smallest absolute Gasteiger partial charge is 0.195 e. The number of hydrogen-bond acceptors (Lipinski definition) is 7. The number of oxazole rings is 1. The maximum Gasteiger partial charge on any atom is 0.195 e. The number of rotatable bonds is 6. The molecule has 4 rings (SSSR count). The summed E-state index contributed by atoms with van der Waals surface area (Å²) in [6, 6.07) is 7.76. The molecule has 1 fully saturated rings. The van der Waals surface area contributed by atoms with E-state index in [1.165, 1.54) is 0 Å². The van der Waals surface area contributed by atoms with Gasteiger partial charge in [-0.3, -0.25) is 0 Å². The van der Waals surface area contributed by atoms with Crippen LogP contribution in [0.5, 0.6) is 0 Å². The molecule has 3 aromatic rings. The molecule has 138 valence electrons. The van der Waals surface area contributed by atoms with E-state index in [4.69, 9.17) is 4.42 Å². The van der Waals surface area contributed by atoms with Gasteiger partial charge < -0.3 is 8.98 Å². The van der Waals surface area contributed by atoms with Crippen LogP contribution < -0.4 is 0 Å². The molecule has 1 aromatic carbocycles. The molecule has 1 atom stereocenters. The Bertz CT molecular complexity index is 993. The second kappa shape index (κ2) is 7.03. The number of aromatic nitrogens is 4. The average molecular weight is 393 g/mol. The summed E-state index contributed by atoms with van der Waals surface area (Å²) in [7, 11) is -1.01. The van der Waals surface area contributed by atoms with Crippen molar-refractivity contribution < 1.29 is 12.8 Å². The van der Waals surface area contributed by atoms with Crippen molar-refractivity contribution in [3.63, 3.8) is 0 Å². The van der Waals surface area contributed by atoms with Crippen LogP contribution in [-0.4, -0.2) is 45.4 Å². The van der Waals surface area contributed by atoms with E-state index in [2.05, 4.69) is 15.2 Å². The summed E-state index contributed by atoms with van der Waals surface area (Å²) in [4.78, 5) is 4.48. The van der Waals surface area contributed by atoms with Gasteiger partial charge in [0, 0.05) is 25.1 Å². The molecule has 3 heterocycles. The molecule has 1 saturated heterocycles. The molecule has 0 amide bonds. The first-order valence-corrected chi connectivity index (χ1v) is 11.4. The first-order valence-electron chi connectivity index (χ1n) is 8.59. The Morgan fingerprint density at radius 2 is 2.15 bits per heavy atom. The van der Waals surface area contributed by atoms with Crippen molar-refractivity contribution in [2.75, 3.05) is 17.3 Å². The van der Waals surface area contributed by atoms with Crippen molar-refractivity contribution in [1.82, 2.24) is 19.7 Å². The summed E-state index contributed by atoms with van der Waals surface area (Å²) in [6.45, 7) is 0.